The molecule has 1 atom stereocenters. The Hall–Kier alpha value is -2.52. The average Bonchev–Trinajstić information content (AvgIpc) is 2.54. The minimum Gasteiger partial charge on any atom is -0.380 e. The molecule has 3 nitrogen and oxygen atoms in total. The minimum absolute atomic E-state index is 0.316. The Kier molecular flexibility index (Phi) is 3.27. The highest BCUT2D eigenvalue weighted by Crippen LogP contribution is 2.25. The largest absolute Gasteiger partial charge is 0.380 e. The van der Waals surface area contributed by atoms with Crippen molar-refractivity contribution >= 4 is 16.7 Å². The van der Waals surface area contributed by atoms with Gasteiger partial charge in [-0.2, -0.15) is 0 Å². The van der Waals surface area contributed by atoms with E-state index < -0.39 is 6.10 Å². The number of rotatable bonds is 3. The molecule has 1 unspecified atom stereocenters. The standard InChI is InChI=1S/C17H13NO2/c19-16(13-6-2-1-3-7-13)17(20)14-10-4-8-12-9-5-11-18-15(12)14/h1-11,17,20H. The summed E-state index contributed by atoms with van der Waals surface area (Å²) in [5, 5.41) is 11.3. The van der Waals surface area contributed by atoms with E-state index in [9.17, 15) is 9.90 Å². The van der Waals surface area contributed by atoms with E-state index in [-0.39, 0.29) is 5.78 Å². The van der Waals surface area contributed by atoms with Crippen molar-refractivity contribution in [1.29, 1.82) is 0 Å². The lowest BCUT2D eigenvalue weighted by molar-refractivity contribution is 0.0749. The number of hydrogen-bond acceptors (Lipinski definition) is 3. The quantitative estimate of drug-likeness (QED) is 0.738. The van der Waals surface area contributed by atoms with E-state index in [4.69, 9.17) is 0 Å². The number of nitrogens with zero attached hydrogens (tertiary/aromatic N) is 1. The predicted molar refractivity (Wildman–Crippen MR) is 77.5 cm³/mol. The van der Waals surface area contributed by atoms with Gasteiger partial charge in [0.05, 0.1) is 5.52 Å². The van der Waals surface area contributed by atoms with Gasteiger partial charge in [-0.25, -0.2) is 0 Å². The van der Waals surface area contributed by atoms with Crippen LogP contribution in [0, 0.1) is 0 Å². The Labute approximate surface area is 116 Å². The summed E-state index contributed by atoms with van der Waals surface area (Å²) in [5.74, 6) is -0.316. The number of aromatic nitrogens is 1. The molecule has 2 aromatic carbocycles. The van der Waals surface area contributed by atoms with Gasteiger partial charge in [0.2, 0.25) is 0 Å². The van der Waals surface area contributed by atoms with Crippen LogP contribution in [-0.4, -0.2) is 15.9 Å². The fourth-order valence-electron chi connectivity index (χ4n) is 2.25. The number of para-hydroxylation sites is 1. The Bertz CT molecular complexity index is 748. The summed E-state index contributed by atoms with van der Waals surface area (Å²) in [6, 6.07) is 18.0. The number of Topliss-reactive ketones (excluding diaryl/α,β-unsaturated/α-hetero) is 1. The molecule has 0 aliphatic heterocycles. The third-order valence-corrected chi connectivity index (χ3v) is 3.27. The first kappa shape index (κ1) is 12.5. The maximum absolute atomic E-state index is 12.3. The van der Waals surface area contributed by atoms with Gasteiger partial charge < -0.3 is 5.11 Å². The Morgan fingerprint density at radius 1 is 0.950 bits per heavy atom. The molecule has 0 bridgehead atoms. The van der Waals surface area contributed by atoms with Gasteiger partial charge in [-0.3, -0.25) is 9.78 Å². The van der Waals surface area contributed by atoms with E-state index in [1.807, 2.05) is 30.3 Å². The summed E-state index contributed by atoms with van der Waals surface area (Å²) in [6.45, 7) is 0. The Morgan fingerprint density at radius 3 is 2.50 bits per heavy atom. The van der Waals surface area contributed by atoms with Gasteiger partial charge in [0.25, 0.3) is 0 Å². The molecule has 0 aliphatic rings. The third kappa shape index (κ3) is 2.19. The molecular weight excluding hydrogens is 250 g/mol. The molecule has 0 saturated carbocycles. The van der Waals surface area contributed by atoms with Gasteiger partial charge in [0.15, 0.2) is 5.78 Å². The molecular formula is C17H13NO2. The van der Waals surface area contributed by atoms with E-state index in [2.05, 4.69) is 4.98 Å². The third-order valence-electron chi connectivity index (χ3n) is 3.27. The second-order valence-electron chi connectivity index (χ2n) is 4.56. The number of ketones is 1. The van der Waals surface area contributed by atoms with Crippen molar-refractivity contribution in [1.82, 2.24) is 4.98 Å². The number of pyridine rings is 1. The number of aliphatic hydroxyl groups is 1. The first-order chi connectivity index (χ1) is 9.77. The molecule has 0 radical (unpaired) electrons. The van der Waals surface area contributed by atoms with Crippen LogP contribution in [0.2, 0.25) is 0 Å². The van der Waals surface area contributed by atoms with Crippen molar-refractivity contribution in [2.75, 3.05) is 0 Å². The topological polar surface area (TPSA) is 50.2 Å². The van der Waals surface area contributed by atoms with Gasteiger partial charge in [-0.05, 0) is 6.07 Å². The number of aliphatic hydroxyl groups excluding tert-OH is 1. The van der Waals surface area contributed by atoms with Gasteiger partial charge in [-0.15, -0.1) is 0 Å². The number of hydrogen-bond donors (Lipinski definition) is 1. The van der Waals surface area contributed by atoms with Gasteiger partial charge in [-0.1, -0.05) is 54.6 Å². The van der Waals surface area contributed by atoms with Gasteiger partial charge in [0, 0.05) is 22.7 Å². The summed E-state index contributed by atoms with van der Waals surface area (Å²) < 4.78 is 0. The van der Waals surface area contributed by atoms with E-state index in [1.165, 1.54) is 0 Å². The molecule has 1 aromatic heterocycles. The highest BCUT2D eigenvalue weighted by molar-refractivity contribution is 6.01. The zero-order valence-corrected chi connectivity index (χ0v) is 10.7. The van der Waals surface area contributed by atoms with Crippen molar-refractivity contribution in [3.8, 4) is 0 Å². The molecule has 3 heteroatoms. The maximum Gasteiger partial charge on any atom is 0.195 e. The first-order valence-electron chi connectivity index (χ1n) is 6.38. The normalized spacial score (nSPS) is 12.2. The summed E-state index contributed by atoms with van der Waals surface area (Å²) >= 11 is 0. The van der Waals surface area contributed by atoms with Crippen LogP contribution < -0.4 is 0 Å². The summed E-state index contributed by atoms with van der Waals surface area (Å²) in [6.07, 6.45) is 0.460. The molecule has 0 saturated heterocycles. The average molecular weight is 263 g/mol. The number of carbonyl (C=O) groups excluding carboxylic acids is 1. The van der Waals surface area contributed by atoms with Crippen LogP contribution in [0.5, 0.6) is 0 Å². The fraction of sp³-hybridized carbons (Fsp3) is 0.0588. The molecule has 0 fully saturated rings. The molecule has 1 heterocycles. The van der Waals surface area contributed by atoms with Crippen LogP contribution in [-0.2, 0) is 0 Å². The van der Waals surface area contributed by atoms with E-state index in [1.54, 1.807) is 36.5 Å². The fourth-order valence-corrected chi connectivity index (χ4v) is 2.25. The monoisotopic (exact) mass is 263 g/mol. The maximum atomic E-state index is 12.3. The zero-order valence-electron chi connectivity index (χ0n) is 10.7. The van der Waals surface area contributed by atoms with Crippen molar-refractivity contribution < 1.29 is 9.90 Å². The molecule has 0 spiro atoms. The molecule has 20 heavy (non-hydrogen) atoms. The summed E-state index contributed by atoms with van der Waals surface area (Å²) in [5.41, 5.74) is 1.69. The molecule has 98 valence electrons. The Balaban J connectivity index is 2.05. The van der Waals surface area contributed by atoms with Crippen molar-refractivity contribution in [2.45, 2.75) is 6.10 Å². The molecule has 0 aliphatic carbocycles. The van der Waals surface area contributed by atoms with Crippen LogP contribution in [0.4, 0.5) is 0 Å². The van der Waals surface area contributed by atoms with Gasteiger partial charge >= 0.3 is 0 Å². The van der Waals surface area contributed by atoms with Crippen LogP contribution in [0.3, 0.4) is 0 Å². The highest BCUT2D eigenvalue weighted by atomic mass is 16.3. The predicted octanol–water partition coefficient (Wildman–Crippen LogP) is 3.15. The van der Waals surface area contributed by atoms with Crippen LogP contribution in [0.1, 0.15) is 22.0 Å². The molecule has 3 aromatic rings. The van der Waals surface area contributed by atoms with Crippen LogP contribution in [0.25, 0.3) is 10.9 Å². The summed E-state index contributed by atoms with van der Waals surface area (Å²) in [7, 11) is 0. The first-order valence-corrected chi connectivity index (χ1v) is 6.38. The summed E-state index contributed by atoms with van der Waals surface area (Å²) in [4.78, 5) is 16.6. The van der Waals surface area contributed by atoms with Crippen LogP contribution >= 0.6 is 0 Å². The molecule has 1 N–H and O–H groups in total. The van der Waals surface area contributed by atoms with Crippen LogP contribution in [0.15, 0.2) is 66.9 Å². The second-order valence-corrected chi connectivity index (χ2v) is 4.56. The lowest BCUT2D eigenvalue weighted by Gasteiger charge is -2.12. The highest BCUT2D eigenvalue weighted by Gasteiger charge is 2.21. The van der Waals surface area contributed by atoms with Crippen molar-refractivity contribution in [3.05, 3.63) is 78.0 Å². The van der Waals surface area contributed by atoms with Crippen molar-refractivity contribution in [3.63, 3.8) is 0 Å². The second kappa shape index (κ2) is 5.23. The number of benzene rings is 2. The lowest BCUT2D eigenvalue weighted by Crippen LogP contribution is -2.12. The molecule has 0 amide bonds. The number of carbonyl (C=O) groups is 1. The smallest absolute Gasteiger partial charge is 0.195 e. The van der Waals surface area contributed by atoms with E-state index in [0.29, 0.717) is 16.6 Å². The van der Waals surface area contributed by atoms with Crippen molar-refractivity contribution in [2.24, 2.45) is 0 Å². The van der Waals surface area contributed by atoms with Gasteiger partial charge in [0.1, 0.15) is 6.10 Å². The lowest BCUT2D eigenvalue weighted by atomic mass is 9.98. The minimum atomic E-state index is -1.20. The number of fused-ring (bicyclic) bond motifs is 1. The SMILES string of the molecule is O=C(c1ccccc1)C(O)c1cccc2cccnc12. The Morgan fingerprint density at radius 2 is 1.70 bits per heavy atom. The van der Waals surface area contributed by atoms with E-state index in [0.717, 1.165) is 5.39 Å². The zero-order chi connectivity index (χ0) is 13.9. The molecule has 3 rings (SSSR count). The van der Waals surface area contributed by atoms with E-state index >= 15 is 0 Å².